The third-order valence-corrected chi connectivity index (χ3v) is 5.16. The Labute approximate surface area is 146 Å². The van der Waals surface area contributed by atoms with Gasteiger partial charge >= 0.3 is 5.76 Å². The standard InChI is InChI=1S/C18H24N4O3/c23-17(21-9-5-19-6-10-21)14-3-4-16-15(13-14)22(18(24)25-16)12-11-20-7-1-2-8-20/h3-4,13,19H,1-2,5-12H2. The minimum absolute atomic E-state index is 0.0168. The van der Waals surface area contributed by atoms with Gasteiger partial charge in [-0.25, -0.2) is 4.79 Å². The first kappa shape index (κ1) is 16.4. The molecule has 1 aromatic heterocycles. The van der Waals surface area contributed by atoms with E-state index in [2.05, 4.69) is 10.2 Å². The molecule has 3 heterocycles. The highest BCUT2D eigenvalue weighted by Gasteiger charge is 2.20. The van der Waals surface area contributed by atoms with Gasteiger partial charge in [0.15, 0.2) is 5.58 Å². The van der Waals surface area contributed by atoms with E-state index in [0.717, 1.165) is 32.7 Å². The Morgan fingerprint density at radius 3 is 2.60 bits per heavy atom. The number of amides is 1. The van der Waals surface area contributed by atoms with E-state index in [4.69, 9.17) is 4.42 Å². The number of likely N-dealkylation sites (tertiary alicyclic amines) is 1. The van der Waals surface area contributed by atoms with Crippen molar-refractivity contribution in [2.24, 2.45) is 0 Å². The van der Waals surface area contributed by atoms with Gasteiger partial charge in [0, 0.05) is 44.8 Å². The molecule has 0 spiro atoms. The number of benzene rings is 1. The van der Waals surface area contributed by atoms with Gasteiger partial charge in [-0.1, -0.05) is 0 Å². The van der Waals surface area contributed by atoms with Gasteiger partial charge < -0.3 is 19.5 Å². The lowest BCUT2D eigenvalue weighted by molar-refractivity contribution is 0.0736. The molecule has 1 amide bonds. The molecule has 0 radical (unpaired) electrons. The molecule has 0 saturated carbocycles. The number of aromatic nitrogens is 1. The van der Waals surface area contributed by atoms with Crippen molar-refractivity contribution in [3.8, 4) is 0 Å². The average Bonchev–Trinajstić information content (AvgIpc) is 3.26. The second-order valence-corrected chi connectivity index (χ2v) is 6.79. The van der Waals surface area contributed by atoms with E-state index >= 15 is 0 Å². The number of nitrogens with one attached hydrogen (secondary N) is 1. The first-order chi connectivity index (χ1) is 12.2. The van der Waals surface area contributed by atoms with Crippen molar-refractivity contribution in [1.29, 1.82) is 0 Å². The largest absolute Gasteiger partial charge is 0.419 e. The number of carbonyl (C=O) groups is 1. The van der Waals surface area contributed by atoms with E-state index in [1.165, 1.54) is 12.8 Å². The summed E-state index contributed by atoms with van der Waals surface area (Å²) < 4.78 is 7.00. The fourth-order valence-corrected chi connectivity index (χ4v) is 3.71. The highest BCUT2D eigenvalue weighted by molar-refractivity contribution is 5.97. The van der Waals surface area contributed by atoms with Crippen molar-refractivity contribution in [2.45, 2.75) is 19.4 Å². The number of oxazole rings is 1. The second-order valence-electron chi connectivity index (χ2n) is 6.79. The Balaban J connectivity index is 1.58. The molecule has 7 heteroatoms. The summed E-state index contributed by atoms with van der Waals surface area (Å²) in [6.45, 7) is 6.69. The second kappa shape index (κ2) is 7.01. The smallest absolute Gasteiger partial charge is 0.408 e. The Morgan fingerprint density at radius 2 is 1.84 bits per heavy atom. The van der Waals surface area contributed by atoms with Crippen LogP contribution in [-0.2, 0) is 6.54 Å². The Hall–Kier alpha value is -2.12. The van der Waals surface area contributed by atoms with Gasteiger partial charge in [0.05, 0.1) is 5.52 Å². The van der Waals surface area contributed by atoms with Crippen molar-refractivity contribution >= 4 is 17.0 Å². The molecule has 1 N–H and O–H groups in total. The SMILES string of the molecule is O=C(c1ccc2oc(=O)n(CCN3CCCC3)c2c1)N1CCNCC1. The van der Waals surface area contributed by atoms with E-state index in [9.17, 15) is 9.59 Å². The van der Waals surface area contributed by atoms with Crippen molar-refractivity contribution in [3.63, 3.8) is 0 Å². The zero-order valence-corrected chi connectivity index (χ0v) is 14.4. The van der Waals surface area contributed by atoms with Crippen LogP contribution in [-0.4, -0.2) is 66.1 Å². The zero-order chi connectivity index (χ0) is 17.2. The van der Waals surface area contributed by atoms with E-state index in [0.29, 0.717) is 36.3 Å². The number of rotatable bonds is 4. The number of fused-ring (bicyclic) bond motifs is 1. The zero-order valence-electron chi connectivity index (χ0n) is 14.4. The molecule has 25 heavy (non-hydrogen) atoms. The van der Waals surface area contributed by atoms with Crippen molar-refractivity contribution in [1.82, 2.24) is 19.7 Å². The molecule has 2 aliphatic heterocycles. The van der Waals surface area contributed by atoms with Crippen LogP contribution in [0.2, 0.25) is 0 Å². The molecule has 4 rings (SSSR count). The fraction of sp³-hybridized carbons (Fsp3) is 0.556. The molecule has 2 fully saturated rings. The fourth-order valence-electron chi connectivity index (χ4n) is 3.71. The molecule has 2 saturated heterocycles. The van der Waals surface area contributed by atoms with Crippen LogP contribution in [0.25, 0.3) is 11.1 Å². The van der Waals surface area contributed by atoms with Crippen LogP contribution < -0.4 is 11.1 Å². The van der Waals surface area contributed by atoms with E-state index in [1.807, 2.05) is 4.90 Å². The summed E-state index contributed by atoms with van der Waals surface area (Å²) in [6, 6.07) is 5.29. The summed E-state index contributed by atoms with van der Waals surface area (Å²) in [5, 5.41) is 3.25. The van der Waals surface area contributed by atoms with Crippen LogP contribution in [0.5, 0.6) is 0 Å². The lowest BCUT2D eigenvalue weighted by atomic mass is 10.1. The van der Waals surface area contributed by atoms with Crippen LogP contribution in [0.3, 0.4) is 0 Å². The summed E-state index contributed by atoms with van der Waals surface area (Å²) in [5.74, 6) is -0.330. The lowest BCUT2D eigenvalue weighted by Gasteiger charge is -2.27. The van der Waals surface area contributed by atoms with E-state index < -0.39 is 0 Å². The number of hydrogen-bond acceptors (Lipinski definition) is 5. The summed E-state index contributed by atoms with van der Waals surface area (Å²) in [5.41, 5.74) is 1.87. The maximum atomic E-state index is 12.7. The van der Waals surface area contributed by atoms with Crippen LogP contribution in [0.4, 0.5) is 0 Å². The monoisotopic (exact) mass is 344 g/mol. The van der Waals surface area contributed by atoms with Crippen molar-refractivity contribution in [3.05, 3.63) is 34.3 Å². The quantitative estimate of drug-likeness (QED) is 0.886. The molecule has 0 atom stereocenters. The summed E-state index contributed by atoms with van der Waals surface area (Å²) >= 11 is 0. The third-order valence-electron chi connectivity index (χ3n) is 5.16. The Bertz CT molecular complexity index is 813. The molecule has 2 aliphatic rings. The number of carbonyl (C=O) groups excluding carboxylic acids is 1. The van der Waals surface area contributed by atoms with Crippen molar-refractivity contribution in [2.75, 3.05) is 45.8 Å². The predicted molar refractivity (Wildman–Crippen MR) is 94.9 cm³/mol. The molecule has 134 valence electrons. The number of nitrogens with zero attached hydrogens (tertiary/aromatic N) is 3. The van der Waals surface area contributed by atoms with Gasteiger partial charge in [-0.05, 0) is 44.1 Å². The highest BCUT2D eigenvalue weighted by Crippen LogP contribution is 2.17. The molecule has 0 unspecified atom stereocenters. The molecule has 0 aliphatic carbocycles. The Morgan fingerprint density at radius 1 is 1.08 bits per heavy atom. The lowest BCUT2D eigenvalue weighted by Crippen LogP contribution is -2.46. The van der Waals surface area contributed by atoms with Crippen LogP contribution in [0, 0.1) is 0 Å². The minimum atomic E-state index is -0.346. The van der Waals surface area contributed by atoms with Crippen LogP contribution in [0.1, 0.15) is 23.2 Å². The number of piperazine rings is 1. The first-order valence-electron chi connectivity index (χ1n) is 9.08. The van der Waals surface area contributed by atoms with Gasteiger partial charge in [0.25, 0.3) is 5.91 Å². The Kier molecular flexibility index (Phi) is 4.59. The first-order valence-corrected chi connectivity index (χ1v) is 9.08. The molecular weight excluding hydrogens is 320 g/mol. The third kappa shape index (κ3) is 3.34. The van der Waals surface area contributed by atoms with Gasteiger partial charge in [-0.15, -0.1) is 0 Å². The maximum Gasteiger partial charge on any atom is 0.419 e. The number of hydrogen-bond donors (Lipinski definition) is 1. The van der Waals surface area contributed by atoms with Gasteiger partial charge in [-0.3, -0.25) is 9.36 Å². The van der Waals surface area contributed by atoms with E-state index in [-0.39, 0.29) is 11.7 Å². The topological polar surface area (TPSA) is 70.7 Å². The van der Waals surface area contributed by atoms with Gasteiger partial charge in [-0.2, -0.15) is 0 Å². The highest BCUT2D eigenvalue weighted by atomic mass is 16.4. The average molecular weight is 344 g/mol. The predicted octanol–water partition coefficient (Wildman–Crippen LogP) is 0.736. The van der Waals surface area contributed by atoms with Gasteiger partial charge in [0.2, 0.25) is 0 Å². The molecule has 0 bridgehead atoms. The minimum Gasteiger partial charge on any atom is -0.408 e. The van der Waals surface area contributed by atoms with Crippen LogP contribution >= 0.6 is 0 Å². The van der Waals surface area contributed by atoms with Gasteiger partial charge in [0.1, 0.15) is 0 Å². The summed E-state index contributed by atoms with van der Waals surface area (Å²) in [7, 11) is 0. The normalized spacial score (nSPS) is 19.0. The molecule has 1 aromatic carbocycles. The molecular formula is C18H24N4O3. The summed E-state index contributed by atoms with van der Waals surface area (Å²) in [4.78, 5) is 29.1. The molecule has 2 aromatic rings. The van der Waals surface area contributed by atoms with Crippen LogP contribution in [0.15, 0.2) is 27.4 Å². The van der Waals surface area contributed by atoms with Crippen molar-refractivity contribution < 1.29 is 9.21 Å². The van der Waals surface area contributed by atoms with E-state index in [1.54, 1.807) is 22.8 Å². The summed E-state index contributed by atoms with van der Waals surface area (Å²) in [6.07, 6.45) is 2.45. The molecule has 7 nitrogen and oxygen atoms in total. The maximum absolute atomic E-state index is 12.7.